The maximum absolute atomic E-state index is 10.9. The largest absolute Gasteiger partial charge is 0.356 e. The number of hydrogen-bond donors (Lipinski definition) is 1. The molecule has 0 unspecified atom stereocenters. The molecule has 1 aliphatic carbocycles. The molecule has 0 radical (unpaired) electrons. The van der Waals surface area contributed by atoms with Crippen LogP contribution in [0.25, 0.3) is 0 Å². The zero-order valence-corrected chi connectivity index (χ0v) is 10.8. The zero-order chi connectivity index (χ0) is 12.3. The number of carbonyl (C=O) groups excluding carboxylic acids is 1. The SMILES string of the molecule is CC(=O)NCC[C@H]1CCCc2ccc(C)cc21. The third-order valence-electron chi connectivity index (χ3n) is 3.61. The number of nitrogens with one attached hydrogen (secondary N) is 1. The number of fused-ring (bicyclic) bond motifs is 1. The Bertz CT molecular complexity index is 411. The summed E-state index contributed by atoms with van der Waals surface area (Å²) in [5.74, 6) is 0.704. The Balaban J connectivity index is 2.05. The normalized spacial score (nSPS) is 18.6. The van der Waals surface area contributed by atoms with E-state index >= 15 is 0 Å². The highest BCUT2D eigenvalue weighted by Crippen LogP contribution is 2.34. The predicted octanol–water partition coefficient (Wildman–Crippen LogP) is 2.94. The fourth-order valence-electron chi connectivity index (χ4n) is 2.74. The molecule has 0 saturated heterocycles. The van der Waals surface area contributed by atoms with Crippen LogP contribution >= 0.6 is 0 Å². The van der Waals surface area contributed by atoms with Crippen molar-refractivity contribution in [1.82, 2.24) is 5.32 Å². The van der Waals surface area contributed by atoms with E-state index in [1.54, 1.807) is 6.92 Å². The first-order valence-corrected chi connectivity index (χ1v) is 6.50. The van der Waals surface area contributed by atoms with E-state index in [-0.39, 0.29) is 5.91 Å². The van der Waals surface area contributed by atoms with Crippen LogP contribution in [0.3, 0.4) is 0 Å². The Morgan fingerprint density at radius 1 is 1.47 bits per heavy atom. The summed E-state index contributed by atoms with van der Waals surface area (Å²) in [5.41, 5.74) is 4.37. The number of benzene rings is 1. The lowest BCUT2D eigenvalue weighted by Crippen LogP contribution is -2.23. The van der Waals surface area contributed by atoms with Crippen LogP contribution in [0.2, 0.25) is 0 Å². The van der Waals surface area contributed by atoms with E-state index in [4.69, 9.17) is 0 Å². The minimum atomic E-state index is 0.0743. The van der Waals surface area contributed by atoms with Gasteiger partial charge in [-0.2, -0.15) is 0 Å². The van der Waals surface area contributed by atoms with Gasteiger partial charge in [0.05, 0.1) is 0 Å². The van der Waals surface area contributed by atoms with Crippen LogP contribution < -0.4 is 5.32 Å². The van der Waals surface area contributed by atoms with Gasteiger partial charge in [0.1, 0.15) is 0 Å². The minimum absolute atomic E-state index is 0.0743. The second kappa shape index (κ2) is 5.35. The van der Waals surface area contributed by atoms with Gasteiger partial charge in [0, 0.05) is 13.5 Å². The van der Waals surface area contributed by atoms with E-state index in [0.717, 1.165) is 13.0 Å². The maximum Gasteiger partial charge on any atom is 0.216 e. The van der Waals surface area contributed by atoms with E-state index in [1.165, 1.54) is 36.0 Å². The lowest BCUT2D eigenvalue weighted by Gasteiger charge is -2.26. The van der Waals surface area contributed by atoms with Crippen molar-refractivity contribution in [3.63, 3.8) is 0 Å². The van der Waals surface area contributed by atoms with Crippen molar-refractivity contribution in [2.24, 2.45) is 0 Å². The van der Waals surface area contributed by atoms with Crippen LogP contribution in [-0.4, -0.2) is 12.5 Å². The zero-order valence-electron chi connectivity index (χ0n) is 10.8. The summed E-state index contributed by atoms with van der Waals surface area (Å²) in [7, 11) is 0. The van der Waals surface area contributed by atoms with E-state index in [2.05, 4.69) is 30.4 Å². The molecule has 2 nitrogen and oxygen atoms in total. The van der Waals surface area contributed by atoms with Crippen LogP contribution in [-0.2, 0) is 11.2 Å². The summed E-state index contributed by atoms with van der Waals surface area (Å²) in [6.45, 7) is 4.53. The summed E-state index contributed by atoms with van der Waals surface area (Å²) in [4.78, 5) is 10.9. The molecule has 0 aliphatic heterocycles. The smallest absolute Gasteiger partial charge is 0.216 e. The molecule has 17 heavy (non-hydrogen) atoms. The monoisotopic (exact) mass is 231 g/mol. The number of hydrogen-bond acceptors (Lipinski definition) is 1. The summed E-state index contributed by atoms with van der Waals surface area (Å²) >= 11 is 0. The Morgan fingerprint density at radius 2 is 2.29 bits per heavy atom. The van der Waals surface area contributed by atoms with Crippen LogP contribution in [0.4, 0.5) is 0 Å². The number of rotatable bonds is 3. The van der Waals surface area contributed by atoms with Gasteiger partial charge in [0.2, 0.25) is 5.91 Å². The van der Waals surface area contributed by atoms with Crippen molar-refractivity contribution in [3.8, 4) is 0 Å². The average Bonchev–Trinajstić information content (AvgIpc) is 2.29. The number of amides is 1. The number of carbonyl (C=O) groups is 1. The van der Waals surface area contributed by atoms with Crippen LogP contribution in [0.15, 0.2) is 18.2 Å². The van der Waals surface area contributed by atoms with Crippen molar-refractivity contribution < 1.29 is 4.79 Å². The van der Waals surface area contributed by atoms with Crippen LogP contribution in [0, 0.1) is 6.92 Å². The first-order chi connectivity index (χ1) is 8.16. The van der Waals surface area contributed by atoms with E-state index < -0.39 is 0 Å². The van der Waals surface area contributed by atoms with Gasteiger partial charge in [-0.25, -0.2) is 0 Å². The summed E-state index contributed by atoms with van der Waals surface area (Å²) in [6.07, 6.45) is 4.82. The highest BCUT2D eigenvalue weighted by atomic mass is 16.1. The van der Waals surface area contributed by atoms with E-state index in [1.807, 2.05) is 0 Å². The lowest BCUT2D eigenvalue weighted by molar-refractivity contribution is -0.118. The standard InChI is InChI=1S/C15H21NO/c1-11-6-7-13-4-3-5-14(15(13)10-11)8-9-16-12(2)17/h6-7,10,14H,3-5,8-9H2,1-2H3,(H,16,17)/t14-/m1/s1. The van der Waals surface area contributed by atoms with Gasteiger partial charge in [0.25, 0.3) is 0 Å². The molecular weight excluding hydrogens is 210 g/mol. The third kappa shape index (κ3) is 3.09. The fraction of sp³-hybridized carbons (Fsp3) is 0.533. The highest BCUT2D eigenvalue weighted by molar-refractivity contribution is 5.72. The van der Waals surface area contributed by atoms with Gasteiger partial charge in [0.15, 0.2) is 0 Å². The van der Waals surface area contributed by atoms with Crippen molar-refractivity contribution in [2.75, 3.05) is 6.54 Å². The molecule has 1 aromatic rings. The van der Waals surface area contributed by atoms with Gasteiger partial charge in [-0.1, -0.05) is 23.8 Å². The first kappa shape index (κ1) is 12.2. The molecular formula is C15H21NO. The van der Waals surface area contributed by atoms with Gasteiger partial charge in [-0.05, 0) is 49.7 Å². The molecule has 2 rings (SSSR count). The van der Waals surface area contributed by atoms with E-state index in [9.17, 15) is 4.79 Å². The fourth-order valence-corrected chi connectivity index (χ4v) is 2.74. The average molecular weight is 231 g/mol. The van der Waals surface area contributed by atoms with Gasteiger partial charge < -0.3 is 5.32 Å². The lowest BCUT2D eigenvalue weighted by atomic mass is 9.80. The van der Waals surface area contributed by atoms with Crippen LogP contribution in [0.1, 0.15) is 48.8 Å². The molecule has 1 aliphatic rings. The second-order valence-electron chi connectivity index (χ2n) is 5.06. The molecule has 0 heterocycles. The Kier molecular flexibility index (Phi) is 3.82. The molecule has 1 aromatic carbocycles. The Labute approximate surface area is 103 Å². The van der Waals surface area contributed by atoms with Crippen molar-refractivity contribution in [3.05, 3.63) is 34.9 Å². The van der Waals surface area contributed by atoms with Gasteiger partial charge >= 0.3 is 0 Å². The topological polar surface area (TPSA) is 29.1 Å². The van der Waals surface area contributed by atoms with Gasteiger partial charge in [-0.15, -0.1) is 0 Å². The summed E-state index contributed by atoms with van der Waals surface area (Å²) in [6, 6.07) is 6.80. The predicted molar refractivity (Wildman–Crippen MR) is 70.2 cm³/mol. The van der Waals surface area contributed by atoms with Gasteiger partial charge in [-0.3, -0.25) is 4.79 Å². The molecule has 0 saturated carbocycles. The van der Waals surface area contributed by atoms with E-state index in [0.29, 0.717) is 5.92 Å². The molecule has 1 amide bonds. The second-order valence-corrected chi connectivity index (χ2v) is 5.06. The Hall–Kier alpha value is -1.31. The highest BCUT2D eigenvalue weighted by Gasteiger charge is 2.19. The summed E-state index contributed by atoms with van der Waals surface area (Å²) < 4.78 is 0. The van der Waals surface area contributed by atoms with Crippen molar-refractivity contribution in [2.45, 2.75) is 45.4 Å². The quantitative estimate of drug-likeness (QED) is 0.851. The molecule has 2 heteroatoms. The Morgan fingerprint density at radius 3 is 3.06 bits per heavy atom. The third-order valence-corrected chi connectivity index (χ3v) is 3.61. The molecule has 0 aromatic heterocycles. The summed E-state index contributed by atoms with van der Waals surface area (Å²) in [5, 5.41) is 2.90. The first-order valence-electron chi connectivity index (χ1n) is 6.50. The van der Waals surface area contributed by atoms with Crippen molar-refractivity contribution in [1.29, 1.82) is 0 Å². The molecule has 0 spiro atoms. The molecule has 92 valence electrons. The number of aryl methyl sites for hydroxylation is 2. The molecule has 1 atom stereocenters. The molecule has 0 bridgehead atoms. The minimum Gasteiger partial charge on any atom is -0.356 e. The van der Waals surface area contributed by atoms with Crippen molar-refractivity contribution >= 4 is 5.91 Å². The molecule has 1 N–H and O–H groups in total. The maximum atomic E-state index is 10.9. The molecule has 0 fully saturated rings. The van der Waals surface area contributed by atoms with Crippen LogP contribution in [0.5, 0.6) is 0 Å².